The number of carbonyl (C=O) groups is 2. The highest BCUT2D eigenvalue weighted by atomic mass is 19.1. The summed E-state index contributed by atoms with van der Waals surface area (Å²) in [6, 6.07) is 4.15. The second-order valence-electron chi connectivity index (χ2n) is 4.60. The van der Waals surface area contributed by atoms with Crippen molar-refractivity contribution >= 4 is 17.5 Å². The zero-order chi connectivity index (χ0) is 14.0. The molecule has 1 aromatic carbocycles. The lowest BCUT2D eigenvalue weighted by Gasteiger charge is -2.33. The summed E-state index contributed by atoms with van der Waals surface area (Å²) in [6.07, 6.45) is 0.594. The summed E-state index contributed by atoms with van der Waals surface area (Å²) < 4.78 is 13.4. The molecule has 0 aliphatic carbocycles. The van der Waals surface area contributed by atoms with Crippen molar-refractivity contribution in [2.24, 2.45) is 0 Å². The van der Waals surface area contributed by atoms with Gasteiger partial charge in [-0.2, -0.15) is 0 Å². The van der Waals surface area contributed by atoms with Crippen LogP contribution in [0.25, 0.3) is 0 Å². The van der Waals surface area contributed by atoms with Crippen molar-refractivity contribution in [3.63, 3.8) is 0 Å². The Kier molecular flexibility index (Phi) is 3.80. The molecule has 5 nitrogen and oxygen atoms in total. The second-order valence-corrected chi connectivity index (χ2v) is 4.60. The topological polar surface area (TPSA) is 75.4 Å². The van der Waals surface area contributed by atoms with Crippen LogP contribution in [0.5, 0.6) is 0 Å². The van der Waals surface area contributed by atoms with Gasteiger partial charge < -0.3 is 5.73 Å². The monoisotopic (exact) mass is 265 g/mol. The first kappa shape index (κ1) is 13.5. The minimum atomic E-state index is -0.488. The number of hydrogen-bond donors (Lipinski definition) is 2. The van der Waals surface area contributed by atoms with Crippen molar-refractivity contribution in [3.8, 4) is 0 Å². The van der Waals surface area contributed by atoms with E-state index in [-0.39, 0.29) is 30.1 Å². The maximum absolute atomic E-state index is 13.4. The number of nitrogens with two attached hydrogens (primary N) is 1. The van der Waals surface area contributed by atoms with Crippen LogP contribution in [0.3, 0.4) is 0 Å². The van der Waals surface area contributed by atoms with Crippen molar-refractivity contribution in [1.82, 2.24) is 10.2 Å². The van der Waals surface area contributed by atoms with Gasteiger partial charge in [0.1, 0.15) is 5.82 Å². The zero-order valence-electron chi connectivity index (χ0n) is 10.6. The molecule has 0 aromatic heterocycles. The van der Waals surface area contributed by atoms with Gasteiger partial charge in [0, 0.05) is 6.54 Å². The molecule has 2 rings (SSSR count). The van der Waals surface area contributed by atoms with Gasteiger partial charge in [0.2, 0.25) is 11.8 Å². The van der Waals surface area contributed by atoms with Gasteiger partial charge in [-0.25, -0.2) is 4.39 Å². The number of nitrogens with one attached hydrogen (secondary N) is 1. The summed E-state index contributed by atoms with van der Waals surface area (Å²) in [5.41, 5.74) is 6.19. The van der Waals surface area contributed by atoms with E-state index in [9.17, 15) is 14.0 Å². The molecule has 0 bridgehead atoms. The first-order chi connectivity index (χ1) is 9.01. The van der Waals surface area contributed by atoms with E-state index in [1.54, 1.807) is 11.0 Å². The van der Waals surface area contributed by atoms with Crippen LogP contribution < -0.4 is 11.1 Å². The average molecular weight is 265 g/mol. The lowest BCUT2D eigenvalue weighted by Crippen LogP contribution is -2.57. The Labute approximate surface area is 110 Å². The van der Waals surface area contributed by atoms with Gasteiger partial charge in [-0.05, 0) is 24.1 Å². The number of piperazine rings is 1. The normalized spacial score (nSPS) is 20.4. The first-order valence-corrected chi connectivity index (χ1v) is 6.13. The molecule has 1 heterocycles. The van der Waals surface area contributed by atoms with Gasteiger partial charge in [0.15, 0.2) is 0 Å². The summed E-state index contributed by atoms with van der Waals surface area (Å²) in [4.78, 5) is 24.8. The molecular formula is C13H16FN3O2. The molecule has 1 aromatic rings. The Morgan fingerprint density at radius 3 is 2.84 bits per heavy atom. The molecule has 0 spiro atoms. The number of benzene rings is 1. The number of hydrogen-bond acceptors (Lipinski definition) is 4. The van der Waals surface area contributed by atoms with Crippen molar-refractivity contribution in [3.05, 3.63) is 29.6 Å². The van der Waals surface area contributed by atoms with Crippen LogP contribution in [0, 0.1) is 5.82 Å². The van der Waals surface area contributed by atoms with Gasteiger partial charge in [0.25, 0.3) is 0 Å². The van der Waals surface area contributed by atoms with E-state index in [1.807, 2.05) is 6.92 Å². The van der Waals surface area contributed by atoms with E-state index in [0.717, 1.165) is 0 Å². The molecule has 1 atom stereocenters. The number of amides is 2. The third kappa shape index (κ3) is 2.90. The Morgan fingerprint density at radius 1 is 1.47 bits per heavy atom. The molecular weight excluding hydrogens is 249 g/mol. The average Bonchev–Trinajstić information content (AvgIpc) is 2.33. The number of nitrogens with zero attached hydrogens (tertiary/aromatic N) is 1. The Balaban J connectivity index is 2.17. The van der Waals surface area contributed by atoms with Gasteiger partial charge in [-0.3, -0.25) is 19.8 Å². The fourth-order valence-electron chi connectivity index (χ4n) is 2.23. The van der Waals surface area contributed by atoms with Crippen molar-refractivity contribution < 1.29 is 14.0 Å². The lowest BCUT2D eigenvalue weighted by molar-refractivity contribution is -0.140. The van der Waals surface area contributed by atoms with Crippen LogP contribution in [0.1, 0.15) is 18.9 Å². The zero-order valence-corrected chi connectivity index (χ0v) is 10.6. The van der Waals surface area contributed by atoms with E-state index < -0.39 is 5.82 Å². The lowest BCUT2D eigenvalue weighted by atomic mass is 10.1. The third-order valence-electron chi connectivity index (χ3n) is 3.19. The molecule has 1 fully saturated rings. The number of rotatable bonds is 3. The number of halogens is 1. The minimum Gasteiger partial charge on any atom is -0.396 e. The van der Waals surface area contributed by atoms with Gasteiger partial charge >= 0.3 is 0 Å². The van der Waals surface area contributed by atoms with Crippen molar-refractivity contribution in [1.29, 1.82) is 0 Å². The molecule has 6 heteroatoms. The molecule has 1 aliphatic heterocycles. The van der Waals surface area contributed by atoms with Gasteiger partial charge in [-0.1, -0.05) is 13.0 Å². The summed E-state index contributed by atoms with van der Waals surface area (Å²) in [5, 5.41) is 2.30. The number of nitrogen functional groups attached to an aromatic ring is 1. The smallest absolute Gasteiger partial charge is 0.243 e. The highest BCUT2D eigenvalue weighted by Crippen LogP contribution is 2.17. The van der Waals surface area contributed by atoms with E-state index >= 15 is 0 Å². The molecule has 1 unspecified atom stereocenters. The molecule has 1 saturated heterocycles. The van der Waals surface area contributed by atoms with Crippen molar-refractivity contribution in [2.45, 2.75) is 25.9 Å². The summed E-state index contributed by atoms with van der Waals surface area (Å²) >= 11 is 0. The van der Waals surface area contributed by atoms with Gasteiger partial charge in [0.05, 0.1) is 18.3 Å². The van der Waals surface area contributed by atoms with E-state index in [0.29, 0.717) is 18.5 Å². The summed E-state index contributed by atoms with van der Waals surface area (Å²) in [6.45, 7) is 2.35. The fourth-order valence-corrected chi connectivity index (χ4v) is 2.23. The minimum absolute atomic E-state index is 0.0863. The molecule has 19 heavy (non-hydrogen) atoms. The van der Waals surface area contributed by atoms with Crippen LogP contribution in [0.2, 0.25) is 0 Å². The Morgan fingerprint density at radius 2 is 2.21 bits per heavy atom. The highest BCUT2D eigenvalue weighted by Gasteiger charge is 2.32. The Hall–Kier alpha value is -1.95. The number of anilines is 1. The number of carbonyl (C=O) groups excluding carboxylic acids is 2. The Bertz CT molecular complexity index is 519. The van der Waals surface area contributed by atoms with Crippen molar-refractivity contribution in [2.75, 3.05) is 12.3 Å². The molecule has 1 aliphatic rings. The van der Waals surface area contributed by atoms with Crippen LogP contribution >= 0.6 is 0 Å². The third-order valence-corrected chi connectivity index (χ3v) is 3.19. The van der Waals surface area contributed by atoms with Gasteiger partial charge in [-0.15, -0.1) is 0 Å². The standard InChI is InChI=1S/C13H16FN3O2/c1-2-11-13(19)16-12(18)7-17(11)6-8-3-4-10(15)9(14)5-8/h3-5,11H,2,6-7,15H2,1H3,(H,16,18,19). The maximum atomic E-state index is 13.4. The quantitative estimate of drug-likeness (QED) is 0.621. The number of imide groups is 1. The summed E-state index contributed by atoms with van der Waals surface area (Å²) in [7, 11) is 0. The predicted octanol–water partition coefficient (Wildman–Crippen LogP) is 0.645. The maximum Gasteiger partial charge on any atom is 0.243 e. The largest absolute Gasteiger partial charge is 0.396 e. The molecule has 0 saturated carbocycles. The van der Waals surface area contributed by atoms with Crippen LogP contribution in [0.15, 0.2) is 18.2 Å². The SMILES string of the molecule is CCC1C(=O)NC(=O)CN1Cc1ccc(N)c(F)c1. The molecule has 2 amide bonds. The molecule has 3 N–H and O–H groups in total. The van der Waals surface area contributed by atoms with Crippen LogP contribution in [0.4, 0.5) is 10.1 Å². The van der Waals surface area contributed by atoms with Crippen LogP contribution in [-0.4, -0.2) is 29.3 Å². The fraction of sp³-hybridized carbons (Fsp3) is 0.385. The van der Waals surface area contributed by atoms with Crippen LogP contribution in [-0.2, 0) is 16.1 Å². The van der Waals surface area contributed by atoms with E-state index in [4.69, 9.17) is 5.73 Å². The predicted molar refractivity (Wildman–Crippen MR) is 68.5 cm³/mol. The van der Waals surface area contributed by atoms with E-state index in [2.05, 4.69) is 5.32 Å². The highest BCUT2D eigenvalue weighted by molar-refractivity contribution is 6.01. The summed E-state index contributed by atoms with van der Waals surface area (Å²) in [5.74, 6) is -1.11. The first-order valence-electron chi connectivity index (χ1n) is 6.13. The second kappa shape index (κ2) is 5.36. The molecule has 102 valence electrons. The van der Waals surface area contributed by atoms with E-state index in [1.165, 1.54) is 12.1 Å². The molecule has 0 radical (unpaired) electrons.